The number of fused-ring (bicyclic) bond motifs is 2. The Morgan fingerprint density at radius 1 is 0.564 bits per heavy atom. The molecule has 0 unspecified atom stereocenters. The monoisotopic (exact) mass is 829 g/mol. The third kappa shape index (κ3) is 10.4. The van der Waals surface area contributed by atoms with Gasteiger partial charge in [-0.2, -0.15) is 0 Å². The second-order valence-electron chi connectivity index (χ2n) is 12.2. The van der Waals surface area contributed by atoms with Crippen molar-refractivity contribution in [1.82, 2.24) is 9.44 Å². The molecule has 17 heteroatoms. The molecule has 6 aromatic rings. The van der Waals surface area contributed by atoms with Gasteiger partial charge in [0.2, 0.25) is 20.0 Å². The number of phenolic OH excluding ortho intramolecular Hbond substituents is 4. The fourth-order valence-electron chi connectivity index (χ4n) is 5.10. The van der Waals surface area contributed by atoms with Crippen molar-refractivity contribution in [2.24, 2.45) is 20.5 Å². The number of azo groups is 2. The van der Waals surface area contributed by atoms with Gasteiger partial charge in [-0.15, -0.1) is 20.5 Å². The third-order valence-corrected chi connectivity index (χ3v) is 10.8. The Morgan fingerprint density at radius 3 is 1.42 bits per heavy atom. The topological polar surface area (TPSA) is 223 Å². The van der Waals surface area contributed by atoms with E-state index < -0.39 is 20.0 Å². The van der Waals surface area contributed by atoms with E-state index in [1.807, 2.05) is 43.3 Å². The van der Waals surface area contributed by atoms with Gasteiger partial charge in [-0.3, -0.25) is 0 Å². The van der Waals surface area contributed by atoms with E-state index in [4.69, 9.17) is 0 Å². The molecule has 0 amide bonds. The Kier molecular flexibility index (Phi) is 14.0. The second-order valence-corrected chi connectivity index (χ2v) is 15.7. The number of benzene rings is 6. The minimum atomic E-state index is -3.74. The van der Waals surface area contributed by atoms with Crippen LogP contribution in [0.15, 0.2) is 139 Å². The zero-order valence-electron chi connectivity index (χ0n) is 29.7. The molecule has 0 saturated carbocycles. The normalized spacial score (nSPS) is 11.9. The molecule has 14 nitrogen and oxygen atoms in total. The van der Waals surface area contributed by atoms with E-state index in [0.717, 1.165) is 10.8 Å². The molecule has 55 heavy (non-hydrogen) atoms. The Labute approximate surface area is 328 Å². The molecule has 0 heterocycles. The number of sulfonamides is 2. The van der Waals surface area contributed by atoms with Crippen LogP contribution in [0.5, 0.6) is 23.0 Å². The van der Waals surface area contributed by atoms with Gasteiger partial charge in [0.1, 0.15) is 45.7 Å². The van der Waals surface area contributed by atoms with Crippen molar-refractivity contribution in [3.63, 3.8) is 0 Å². The molecule has 6 N–H and O–H groups in total. The van der Waals surface area contributed by atoms with E-state index in [-0.39, 0.29) is 78.4 Å². The summed E-state index contributed by atoms with van der Waals surface area (Å²) in [4.78, 5) is -0.0602. The van der Waals surface area contributed by atoms with Crippen molar-refractivity contribution < 1.29 is 54.0 Å². The fourth-order valence-corrected chi connectivity index (χ4v) is 7.53. The molecule has 0 saturated heterocycles. The van der Waals surface area contributed by atoms with Gasteiger partial charge in [-0.05, 0) is 79.6 Å². The van der Waals surface area contributed by atoms with Gasteiger partial charge >= 0.3 is 0 Å². The summed E-state index contributed by atoms with van der Waals surface area (Å²) in [7, 11) is -7.44. The van der Waals surface area contributed by atoms with Gasteiger partial charge in [0.15, 0.2) is 0 Å². The van der Waals surface area contributed by atoms with E-state index in [2.05, 4.69) is 29.9 Å². The first kappa shape index (κ1) is 42.3. The number of phenols is 4. The summed E-state index contributed by atoms with van der Waals surface area (Å²) in [6, 6.07) is 28.4. The van der Waals surface area contributed by atoms with E-state index in [1.54, 1.807) is 38.1 Å². The van der Waals surface area contributed by atoms with Crippen LogP contribution in [-0.4, -0.2) is 49.8 Å². The summed E-state index contributed by atoms with van der Waals surface area (Å²) >= 11 is 0. The maximum Gasteiger partial charge on any atom is 0.240 e. The zero-order chi connectivity index (χ0) is 39.0. The van der Waals surface area contributed by atoms with Crippen LogP contribution in [-0.2, 0) is 36.8 Å². The molecule has 0 aliphatic carbocycles. The van der Waals surface area contributed by atoms with Crippen LogP contribution < -0.4 is 9.44 Å². The molecule has 1 radical (unpaired) electrons. The number of hydrogen-bond donors (Lipinski definition) is 6. The summed E-state index contributed by atoms with van der Waals surface area (Å²) in [5.74, 6) is -0.567. The average molecular weight is 830 g/mol. The zero-order valence-corrected chi connectivity index (χ0v) is 32.4. The molecule has 6 aromatic carbocycles. The minimum Gasteiger partial charge on any atom is -0.506 e. The third-order valence-electron chi connectivity index (χ3n) is 7.72. The van der Waals surface area contributed by atoms with Crippen LogP contribution in [0.25, 0.3) is 21.5 Å². The molecular weight excluding hydrogens is 792 g/mol. The van der Waals surface area contributed by atoms with E-state index in [0.29, 0.717) is 23.7 Å². The van der Waals surface area contributed by atoms with Gasteiger partial charge in [0.25, 0.3) is 0 Å². The molecule has 0 bridgehead atoms. The molecule has 0 spiro atoms. The summed E-state index contributed by atoms with van der Waals surface area (Å²) in [5.41, 5.74) is 0.446. The Bertz CT molecular complexity index is 2600. The Hall–Kier alpha value is -5.43. The van der Waals surface area contributed by atoms with Crippen LogP contribution in [0.2, 0.25) is 0 Å². The number of hydrogen-bond acceptors (Lipinski definition) is 12. The van der Waals surface area contributed by atoms with Crippen LogP contribution >= 0.6 is 0 Å². The standard InChI is InChI=1S/2C19H19N3O4S.Co/c1-12(2)22-27(25,26)14-8-10-17(23)16(11-14)20-21-19-15-6-4-3-5-13(15)7-9-18(19)24;1-2-11-20-27(25,26)14-8-10-17(23)16(12-14)21-22-19-15-6-4-3-5-13(15)7-9-18(19)24;/h3-12,22-24H,1-2H3;3-10,12,20,23-24H,2,11H2,1H3;. The van der Waals surface area contributed by atoms with Crippen LogP contribution in [0, 0.1) is 0 Å². The van der Waals surface area contributed by atoms with Gasteiger partial charge in [-0.25, -0.2) is 26.3 Å². The molecule has 6 rings (SSSR count). The number of rotatable bonds is 11. The van der Waals surface area contributed by atoms with Crippen molar-refractivity contribution in [3.8, 4) is 23.0 Å². The second kappa shape index (κ2) is 18.3. The minimum absolute atomic E-state index is 0. The smallest absolute Gasteiger partial charge is 0.240 e. The molecule has 0 aliphatic heterocycles. The molecule has 0 fully saturated rings. The maximum atomic E-state index is 12.3. The molecule has 289 valence electrons. The van der Waals surface area contributed by atoms with Crippen molar-refractivity contribution in [3.05, 3.63) is 109 Å². The molecule has 0 aliphatic rings. The number of nitrogens with one attached hydrogen (secondary N) is 2. The largest absolute Gasteiger partial charge is 0.506 e. The van der Waals surface area contributed by atoms with E-state index >= 15 is 0 Å². The quantitative estimate of drug-likeness (QED) is 0.0691. The van der Waals surface area contributed by atoms with E-state index in [9.17, 15) is 37.3 Å². The Morgan fingerprint density at radius 2 is 0.982 bits per heavy atom. The van der Waals surface area contributed by atoms with Crippen molar-refractivity contribution in [2.45, 2.75) is 43.0 Å². The first-order valence-corrected chi connectivity index (χ1v) is 19.6. The molecular formula is C38H38CoN6O8S2. The van der Waals surface area contributed by atoms with Crippen molar-refractivity contribution in [2.75, 3.05) is 6.54 Å². The fraction of sp³-hybridized carbons (Fsp3) is 0.158. The number of nitrogens with zero attached hydrogens (tertiary/aromatic N) is 4. The van der Waals surface area contributed by atoms with Gasteiger partial charge in [0, 0.05) is 40.1 Å². The summed E-state index contributed by atoms with van der Waals surface area (Å²) < 4.78 is 54.0. The Balaban J connectivity index is 0.000000240. The van der Waals surface area contributed by atoms with Crippen molar-refractivity contribution in [1.29, 1.82) is 0 Å². The summed E-state index contributed by atoms with van der Waals surface area (Å²) in [6.07, 6.45) is 0.657. The summed E-state index contributed by atoms with van der Waals surface area (Å²) in [5, 5.41) is 59.4. The van der Waals surface area contributed by atoms with Crippen LogP contribution in [0.1, 0.15) is 27.2 Å². The SMILES string of the molecule is CC(C)NS(=O)(=O)c1ccc(O)c(N=Nc2c(O)ccc3ccccc23)c1.CCCNS(=O)(=O)c1ccc(O)c(N=Nc2c(O)ccc3ccccc23)c1.[Co]. The van der Waals surface area contributed by atoms with Crippen LogP contribution in [0.3, 0.4) is 0 Å². The molecule has 0 aromatic heterocycles. The maximum absolute atomic E-state index is 12.3. The predicted octanol–water partition coefficient (Wildman–Crippen LogP) is 8.71. The van der Waals surface area contributed by atoms with Crippen molar-refractivity contribution >= 4 is 64.3 Å². The first-order chi connectivity index (χ1) is 25.7. The van der Waals surface area contributed by atoms with Crippen LogP contribution in [0.4, 0.5) is 22.7 Å². The van der Waals surface area contributed by atoms with Gasteiger partial charge < -0.3 is 20.4 Å². The predicted molar refractivity (Wildman–Crippen MR) is 207 cm³/mol. The van der Waals surface area contributed by atoms with Gasteiger partial charge in [0.05, 0.1) is 9.79 Å². The molecule has 0 atom stereocenters. The average Bonchev–Trinajstić information content (AvgIpc) is 3.14. The number of aromatic hydroxyl groups is 4. The van der Waals surface area contributed by atoms with Gasteiger partial charge in [-0.1, -0.05) is 67.6 Å². The summed E-state index contributed by atoms with van der Waals surface area (Å²) in [6.45, 7) is 5.59. The van der Waals surface area contributed by atoms with E-state index in [1.165, 1.54) is 48.5 Å². The first-order valence-electron chi connectivity index (χ1n) is 16.6.